The summed E-state index contributed by atoms with van der Waals surface area (Å²) < 4.78 is 0. The number of benzene rings is 1. The first kappa shape index (κ1) is 10.7. The molecule has 1 saturated heterocycles. The first-order valence-electron chi connectivity index (χ1n) is 5.95. The van der Waals surface area contributed by atoms with Crippen molar-refractivity contribution in [2.75, 3.05) is 0 Å². The Labute approximate surface area is 94.0 Å². The van der Waals surface area contributed by atoms with Crippen molar-refractivity contribution in [3.05, 3.63) is 41.1 Å². The summed E-state index contributed by atoms with van der Waals surface area (Å²) in [6.07, 6.45) is 6.64. The van der Waals surface area contributed by atoms with Crippen LogP contribution in [0.25, 0.3) is 6.08 Å². The van der Waals surface area contributed by atoms with Crippen molar-refractivity contribution in [1.29, 1.82) is 0 Å². The molecule has 80 valence electrons. The minimum absolute atomic E-state index is 1.04. The molecule has 15 heavy (non-hydrogen) atoms. The molecule has 0 nitrogen and oxygen atoms in total. The average Bonchev–Trinajstić information content (AvgIpc) is 2.23. The third kappa shape index (κ3) is 2.60. The fourth-order valence-corrected chi connectivity index (χ4v) is 5.27. The van der Waals surface area contributed by atoms with Gasteiger partial charge in [0.15, 0.2) is 0 Å². The van der Waals surface area contributed by atoms with Gasteiger partial charge in [0.25, 0.3) is 0 Å². The Balaban J connectivity index is 2.25. The van der Waals surface area contributed by atoms with Gasteiger partial charge in [-0.3, -0.25) is 0 Å². The Hall–Kier alpha value is -0.823. The highest BCUT2D eigenvalue weighted by Crippen LogP contribution is 2.33. The lowest BCUT2D eigenvalue weighted by molar-refractivity contribution is 0.763. The van der Waals surface area contributed by atoms with Crippen LogP contribution >= 0.6 is 0 Å². The van der Waals surface area contributed by atoms with Crippen molar-refractivity contribution in [3.8, 4) is 0 Å². The highest BCUT2D eigenvalue weighted by Gasteiger charge is 2.28. The summed E-state index contributed by atoms with van der Waals surface area (Å²) in [4.78, 5) is 0. The molecule has 1 aliphatic rings. The summed E-state index contributed by atoms with van der Waals surface area (Å²) in [5.74, 6) is 0. The van der Waals surface area contributed by atoms with Gasteiger partial charge in [-0.15, -0.1) is 0 Å². The molecule has 0 aromatic heterocycles. The molecule has 0 N–H and O–H groups in total. The minimum Gasteiger partial charge on any atom is -0.0802 e. The zero-order valence-electron chi connectivity index (χ0n) is 9.79. The van der Waals surface area contributed by atoms with Gasteiger partial charge in [-0.2, -0.15) is 0 Å². The standard InChI is InChI=1S/C14H20Si/c1-15(2)11-7-6-10-14(15)12-13-8-4-3-5-9-13/h3-5,8-9,12H,6-7,10-11H2,1-2H3/b14-12+. The van der Waals surface area contributed by atoms with Gasteiger partial charge in [0, 0.05) is 0 Å². The van der Waals surface area contributed by atoms with E-state index in [9.17, 15) is 0 Å². The maximum atomic E-state index is 2.51. The monoisotopic (exact) mass is 216 g/mol. The third-order valence-electron chi connectivity index (χ3n) is 3.51. The number of rotatable bonds is 1. The molecule has 0 unspecified atom stereocenters. The zero-order valence-corrected chi connectivity index (χ0v) is 10.8. The van der Waals surface area contributed by atoms with Crippen molar-refractivity contribution in [3.63, 3.8) is 0 Å². The average molecular weight is 216 g/mol. The van der Waals surface area contributed by atoms with E-state index in [0.29, 0.717) is 0 Å². The van der Waals surface area contributed by atoms with Crippen LogP contribution < -0.4 is 0 Å². The number of hydrogen-bond donors (Lipinski definition) is 0. The van der Waals surface area contributed by atoms with Gasteiger partial charge in [0.05, 0.1) is 8.07 Å². The molecule has 1 aromatic carbocycles. The molecule has 0 amide bonds. The lowest BCUT2D eigenvalue weighted by Gasteiger charge is -2.31. The van der Waals surface area contributed by atoms with Crippen molar-refractivity contribution in [2.24, 2.45) is 0 Å². The van der Waals surface area contributed by atoms with E-state index in [1.165, 1.54) is 30.9 Å². The molecule has 1 fully saturated rings. The fraction of sp³-hybridized carbons (Fsp3) is 0.429. The molecule has 0 spiro atoms. The van der Waals surface area contributed by atoms with Crippen LogP contribution in [0.4, 0.5) is 0 Å². The van der Waals surface area contributed by atoms with Gasteiger partial charge in [0.2, 0.25) is 0 Å². The lowest BCUT2D eigenvalue weighted by atomic mass is 10.1. The Bertz CT molecular complexity index is 349. The maximum Gasteiger partial charge on any atom is 0.0755 e. The second kappa shape index (κ2) is 4.36. The topological polar surface area (TPSA) is 0 Å². The van der Waals surface area contributed by atoms with Crippen LogP contribution in [-0.2, 0) is 0 Å². The molecular formula is C14H20Si. The molecule has 1 heterocycles. The van der Waals surface area contributed by atoms with Crippen LogP contribution in [-0.4, -0.2) is 8.07 Å². The molecule has 0 atom stereocenters. The SMILES string of the molecule is C[Si]1(C)CCCC/C1=C\c1ccccc1. The van der Waals surface area contributed by atoms with Crippen LogP contribution in [0.5, 0.6) is 0 Å². The predicted molar refractivity (Wildman–Crippen MR) is 70.6 cm³/mol. The zero-order chi connectivity index (χ0) is 10.7. The predicted octanol–water partition coefficient (Wildman–Crippen LogP) is 4.50. The fourth-order valence-electron chi connectivity index (χ4n) is 2.40. The van der Waals surface area contributed by atoms with Crippen LogP contribution in [0.2, 0.25) is 19.1 Å². The summed E-state index contributed by atoms with van der Waals surface area (Å²) in [6.45, 7) is 5.03. The van der Waals surface area contributed by atoms with Gasteiger partial charge in [-0.05, 0) is 12.0 Å². The highest BCUT2D eigenvalue weighted by molar-refractivity contribution is 6.85. The van der Waals surface area contributed by atoms with Gasteiger partial charge in [0.1, 0.15) is 0 Å². The molecule has 0 bridgehead atoms. The molecular weight excluding hydrogens is 196 g/mol. The minimum atomic E-state index is -1.04. The normalized spacial score (nSPS) is 22.9. The van der Waals surface area contributed by atoms with Gasteiger partial charge in [-0.25, -0.2) is 0 Å². The molecule has 0 aliphatic carbocycles. The lowest BCUT2D eigenvalue weighted by Crippen LogP contribution is -2.31. The van der Waals surface area contributed by atoms with E-state index in [1.807, 2.05) is 0 Å². The molecule has 1 aliphatic heterocycles. The van der Waals surface area contributed by atoms with E-state index in [0.717, 1.165) is 0 Å². The van der Waals surface area contributed by atoms with E-state index in [2.05, 4.69) is 49.5 Å². The Morgan fingerprint density at radius 2 is 1.80 bits per heavy atom. The molecule has 0 saturated carbocycles. The molecule has 2 rings (SSSR count). The summed E-state index contributed by atoms with van der Waals surface area (Å²) >= 11 is 0. The van der Waals surface area contributed by atoms with Crippen molar-refractivity contribution in [2.45, 2.75) is 38.4 Å². The third-order valence-corrected chi connectivity index (χ3v) is 7.24. The highest BCUT2D eigenvalue weighted by atomic mass is 28.3. The van der Waals surface area contributed by atoms with Crippen LogP contribution in [0, 0.1) is 0 Å². The van der Waals surface area contributed by atoms with E-state index < -0.39 is 8.07 Å². The molecule has 1 heteroatoms. The van der Waals surface area contributed by atoms with E-state index in [1.54, 1.807) is 5.20 Å². The van der Waals surface area contributed by atoms with E-state index >= 15 is 0 Å². The summed E-state index contributed by atoms with van der Waals surface area (Å²) in [5, 5.41) is 1.76. The summed E-state index contributed by atoms with van der Waals surface area (Å²) in [5.41, 5.74) is 1.38. The van der Waals surface area contributed by atoms with Crippen LogP contribution in [0.15, 0.2) is 35.5 Å². The van der Waals surface area contributed by atoms with Gasteiger partial charge in [-0.1, -0.05) is 73.6 Å². The maximum absolute atomic E-state index is 2.51. The van der Waals surface area contributed by atoms with Gasteiger partial charge >= 0.3 is 0 Å². The Morgan fingerprint density at radius 1 is 1.07 bits per heavy atom. The summed E-state index contributed by atoms with van der Waals surface area (Å²) in [7, 11) is -1.04. The first-order valence-corrected chi connectivity index (χ1v) is 9.15. The van der Waals surface area contributed by atoms with Crippen molar-refractivity contribution < 1.29 is 0 Å². The van der Waals surface area contributed by atoms with E-state index in [4.69, 9.17) is 0 Å². The first-order chi connectivity index (χ1) is 7.18. The van der Waals surface area contributed by atoms with E-state index in [-0.39, 0.29) is 0 Å². The Morgan fingerprint density at radius 3 is 2.47 bits per heavy atom. The van der Waals surface area contributed by atoms with Crippen molar-refractivity contribution >= 4 is 14.1 Å². The quantitative estimate of drug-likeness (QED) is 0.606. The Kier molecular flexibility index (Phi) is 3.10. The largest absolute Gasteiger partial charge is 0.0802 e. The molecule has 0 radical (unpaired) electrons. The molecule has 1 aromatic rings. The smallest absolute Gasteiger partial charge is 0.0755 e. The van der Waals surface area contributed by atoms with Crippen LogP contribution in [0.3, 0.4) is 0 Å². The second-order valence-electron chi connectivity index (χ2n) is 5.17. The number of allylic oxidation sites excluding steroid dienone is 1. The van der Waals surface area contributed by atoms with Gasteiger partial charge < -0.3 is 0 Å². The second-order valence-corrected chi connectivity index (χ2v) is 10.1. The van der Waals surface area contributed by atoms with Crippen molar-refractivity contribution in [1.82, 2.24) is 0 Å². The summed E-state index contributed by atoms with van der Waals surface area (Å²) in [6, 6.07) is 12.3. The van der Waals surface area contributed by atoms with Crippen LogP contribution in [0.1, 0.15) is 24.8 Å². The number of hydrogen-bond acceptors (Lipinski definition) is 0.